The summed E-state index contributed by atoms with van der Waals surface area (Å²) in [6.45, 7) is 5.58. The number of aliphatic hydroxyl groups is 1. The van der Waals surface area contributed by atoms with E-state index >= 15 is 0 Å². The number of aliphatic hydroxyl groups excluding tert-OH is 1. The van der Waals surface area contributed by atoms with Crippen LogP contribution >= 0.6 is 31.9 Å². The first kappa shape index (κ1) is 18.1. The van der Waals surface area contributed by atoms with E-state index in [-0.39, 0.29) is 18.3 Å². The van der Waals surface area contributed by atoms with Crippen LogP contribution < -0.4 is 10.5 Å². The Morgan fingerprint density at radius 2 is 1.87 bits per heavy atom. The Labute approximate surface area is 152 Å². The minimum atomic E-state index is -0.258. The first-order valence-electron chi connectivity index (χ1n) is 7.14. The van der Waals surface area contributed by atoms with Crippen LogP contribution in [0, 0.1) is 6.92 Å². The number of rotatable bonds is 4. The number of nitrogen functional groups attached to an aromatic ring is 1. The zero-order chi connectivity index (χ0) is 17.3. The minimum absolute atomic E-state index is 0.101. The average molecular weight is 445 g/mol. The van der Waals surface area contributed by atoms with Gasteiger partial charge in [0.25, 0.3) is 0 Å². The number of hydrogen-bond donors (Lipinski definition) is 3. The molecule has 0 radical (unpaired) electrons. The summed E-state index contributed by atoms with van der Waals surface area (Å²) in [5.74, 6) is 1.35. The molecule has 2 aromatic carbocycles. The van der Waals surface area contributed by atoms with E-state index in [0.29, 0.717) is 22.7 Å². The summed E-state index contributed by atoms with van der Waals surface area (Å²) >= 11 is 6.96. The fourth-order valence-corrected chi connectivity index (χ4v) is 3.55. The molecule has 2 aromatic rings. The van der Waals surface area contributed by atoms with Crippen LogP contribution in [0.1, 0.15) is 36.5 Å². The molecule has 0 saturated heterocycles. The Morgan fingerprint density at radius 3 is 2.43 bits per heavy atom. The molecule has 0 aliphatic rings. The molecule has 0 aliphatic carbocycles. The van der Waals surface area contributed by atoms with Crippen molar-refractivity contribution in [2.75, 3.05) is 5.73 Å². The van der Waals surface area contributed by atoms with Crippen LogP contribution in [0.2, 0.25) is 0 Å². The fraction of sp³-hybridized carbons (Fsp3) is 0.294. The fourth-order valence-electron chi connectivity index (χ4n) is 2.23. The van der Waals surface area contributed by atoms with Crippen molar-refractivity contribution in [3.8, 4) is 17.2 Å². The summed E-state index contributed by atoms with van der Waals surface area (Å²) < 4.78 is 7.47. The molecule has 0 heterocycles. The molecule has 4 N–H and O–H groups in total. The highest BCUT2D eigenvalue weighted by Gasteiger charge is 2.17. The van der Waals surface area contributed by atoms with Crippen molar-refractivity contribution in [2.24, 2.45) is 0 Å². The Morgan fingerprint density at radius 1 is 1.22 bits per heavy atom. The zero-order valence-electron chi connectivity index (χ0n) is 13.2. The van der Waals surface area contributed by atoms with Gasteiger partial charge in [-0.15, -0.1) is 0 Å². The van der Waals surface area contributed by atoms with Crippen molar-refractivity contribution in [1.29, 1.82) is 0 Å². The molecule has 23 heavy (non-hydrogen) atoms. The van der Waals surface area contributed by atoms with Gasteiger partial charge in [-0.1, -0.05) is 13.8 Å². The van der Waals surface area contributed by atoms with E-state index in [1.807, 2.05) is 20.8 Å². The maximum atomic E-state index is 10.2. The molecule has 0 bridgehead atoms. The SMILES string of the molecule is Cc1c(N)cc(Br)c(Oc2cc(CO)c(O)c(C(C)C)c2)c1Br. The number of halogens is 2. The predicted octanol–water partition coefficient (Wildman–Crippen LogP) is 5.22. The molecular weight excluding hydrogens is 426 g/mol. The topological polar surface area (TPSA) is 75.7 Å². The van der Waals surface area contributed by atoms with Crippen molar-refractivity contribution < 1.29 is 14.9 Å². The summed E-state index contributed by atoms with van der Waals surface area (Å²) in [4.78, 5) is 0. The first-order valence-corrected chi connectivity index (χ1v) is 8.73. The van der Waals surface area contributed by atoms with Gasteiger partial charge < -0.3 is 20.7 Å². The highest BCUT2D eigenvalue weighted by molar-refractivity contribution is 9.11. The van der Waals surface area contributed by atoms with Crippen molar-refractivity contribution in [3.05, 3.63) is 43.8 Å². The quantitative estimate of drug-likeness (QED) is 0.565. The second-order valence-corrected chi connectivity index (χ2v) is 7.30. The molecular formula is C17H19Br2NO3. The molecule has 2 rings (SSSR count). The van der Waals surface area contributed by atoms with Crippen LogP contribution in [-0.2, 0) is 6.61 Å². The zero-order valence-corrected chi connectivity index (χ0v) is 16.3. The van der Waals surface area contributed by atoms with Gasteiger partial charge in [0.15, 0.2) is 5.75 Å². The third kappa shape index (κ3) is 3.65. The van der Waals surface area contributed by atoms with E-state index in [9.17, 15) is 10.2 Å². The highest BCUT2D eigenvalue weighted by Crippen LogP contribution is 2.43. The monoisotopic (exact) mass is 443 g/mol. The molecule has 0 fully saturated rings. The number of hydrogen-bond acceptors (Lipinski definition) is 4. The third-order valence-corrected chi connectivity index (χ3v) is 5.21. The Bertz CT molecular complexity index is 745. The van der Waals surface area contributed by atoms with Crippen LogP contribution in [0.5, 0.6) is 17.2 Å². The van der Waals surface area contributed by atoms with Crippen LogP contribution in [0.25, 0.3) is 0 Å². The lowest BCUT2D eigenvalue weighted by Crippen LogP contribution is -1.98. The molecule has 124 valence electrons. The average Bonchev–Trinajstić information content (AvgIpc) is 2.50. The van der Waals surface area contributed by atoms with Crippen molar-refractivity contribution in [3.63, 3.8) is 0 Å². The lowest BCUT2D eigenvalue weighted by atomic mass is 9.99. The van der Waals surface area contributed by atoms with E-state index in [2.05, 4.69) is 31.9 Å². The molecule has 0 aliphatic heterocycles. The van der Waals surface area contributed by atoms with Crippen molar-refractivity contribution >= 4 is 37.5 Å². The Balaban J connectivity index is 2.53. The number of nitrogens with two attached hydrogens (primary N) is 1. The molecule has 0 aromatic heterocycles. The van der Waals surface area contributed by atoms with Gasteiger partial charge in [-0.3, -0.25) is 0 Å². The van der Waals surface area contributed by atoms with Crippen LogP contribution in [0.4, 0.5) is 5.69 Å². The molecule has 0 amide bonds. The lowest BCUT2D eigenvalue weighted by molar-refractivity contribution is 0.274. The van der Waals surface area contributed by atoms with Gasteiger partial charge in [-0.05, 0) is 68.5 Å². The molecule has 6 heteroatoms. The first-order chi connectivity index (χ1) is 10.8. The normalized spacial score (nSPS) is 11.1. The van der Waals surface area contributed by atoms with Gasteiger partial charge in [-0.2, -0.15) is 0 Å². The maximum absolute atomic E-state index is 10.2. The minimum Gasteiger partial charge on any atom is -0.507 e. The number of ether oxygens (including phenoxy) is 1. The lowest BCUT2D eigenvalue weighted by Gasteiger charge is -2.17. The molecule has 0 spiro atoms. The maximum Gasteiger partial charge on any atom is 0.156 e. The summed E-state index contributed by atoms with van der Waals surface area (Å²) in [7, 11) is 0. The summed E-state index contributed by atoms with van der Waals surface area (Å²) in [6, 6.07) is 5.20. The molecule has 0 unspecified atom stereocenters. The second kappa shape index (κ2) is 7.11. The number of anilines is 1. The van der Waals surface area contributed by atoms with E-state index in [1.54, 1.807) is 18.2 Å². The summed E-state index contributed by atoms with van der Waals surface area (Å²) in [6.07, 6.45) is 0. The standard InChI is InChI=1S/C17H19Br2NO3/c1-8(2)12-5-11(4-10(7-21)16(12)22)23-17-13(18)6-14(20)9(3)15(17)19/h4-6,8,21-22H,7,20H2,1-3H3. The van der Waals surface area contributed by atoms with Crippen LogP contribution in [0.15, 0.2) is 27.1 Å². The van der Waals surface area contributed by atoms with Gasteiger partial charge >= 0.3 is 0 Å². The molecule has 0 atom stereocenters. The molecule has 0 saturated carbocycles. The summed E-state index contributed by atoms with van der Waals surface area (Å²) in [5, 5.41) is 19.6. The summed E-state index contributed by atoms with van der Waals surface area (Å²) in [5.41, 5.74) is 8.63. The largest absolute Gasteiger partial charge is 0.507 e. The number of benzene rings is 2. The number of aromatic hydroxyl groups is 1. The second-order valence-electron chi connectivity index (χ2n) is 5.65. The van der Waals surface area contributed by atoms with Gasteiger partial charge in [0.05, 0.1) is 15.6 Å². The highest BCUT2D eigenvalue weighted by atomic mass is 79.9. The van der Waals surface area contributed by atoms with Crippen molar-refractivity contribution in [2.45, 2.75) is 33.3 Å². The van der Waals surface area contributed by atoms with Crippen LogP contribution in [0.3, 0.4) is 0 Å². The smallest absolute Gasteiger partial charge is 0.156 e. The van der Waals surface area contributed by atoms with E-state index in [1.165, 1.54) is 0 Å². The van der Waals surface area contributed by atoms with Crippen LogP contribution in [-0.4, -0.2) is 10.2 Å². The van der Waals surface area contributed by atoms with Gasteiger partial charge in [0.2, 0.25) is 0 Å². The van der Waals surface area contributed by atoms with Gasteiger partial charge in [-0.25, -0.2) is 0 Å². The van der Waals surface area contributed by atoms with E-state index in [0.717, 1.165) is 20.1 Å². The Hall–Kier alpha value is -1.24. The van der Waals surface area contributed by atoms with Gasteiger partial charge in [0.1, 0.15) is 11.5 Å². The van der Waals surface area contributed by atoms with E-state index < -0.39 is 0 Å². The predicted molar refractivity (Wildman–Crippen MR) is 99.2 cm³/mol. The molecule has 4 nitrogen and oxygen atoms in total. The number of phenols is 1. The third-order valence-electron chi connectivity index (χ3n) is 3.66. The van der Waals surface area contributed by atoms with E-state index in [4.69, 9.17) is 10.5 Å². The van der Waals surface area contributed by atoms with Crippen molar-refractivity contribution in [1.82, 2.24) is 0 Å². The Kier molecular flexibility index (Phi) is 5.60. The van der Waals surface area contributed by atoms with Gasteiger partial charge in [0, 0.05) is 16.8 Å².